The molecule has 2 N–H and O–H groups in total. The van der Waals surface area contributed by atoms with E-state index in [9.17, 15) is 0 Å². The Bertz CT molecular complexity index is 656. The van der Waals surface area contributed by atoms with Crippen LogP contribution in [0.15, 0.2) is 47.7 Å². The van der Waals surface area contributed by atoms with E-state index in [2.05, 4.69) is 55.6 Å². The molecule has 1 saturated carbocycles. The molecule has 1 heterocycles. The fraction of sp³-hybridized carbons (Fsp3) is 0.500. The maximum absolute atomic E-state index is 4.51. The Morgan fingerprint density at radius 1 is 1.20 bits per heavy atom. The lowest BCUT2D eigenvalue weighted by atomic mass is 9.96. The van der Waals surface area contributed by atoms with Crippen molar-refractivity contribution in [1.82, 2.24) is 20.2 Å². The van der Waals surface area contributed by atoms with E-state index >= 15 is 0 Å². The van der Waals surface area contributed by atoms with Crippen LogP contribution < -0.4 is 10.6 Å². The van der Waals surface area contributed by atoms with Crippen LogP contribution in [-0.4, -0.2) is 35.1 Å². The zero-order valence-electron chi connectivity index (χ0n) is 15.1. The second-order valence-electron chi connectivity index (χ2n) is 6.69. The fourth-order valence-electron chi connectivity index (χ4n) is 3.42. The summed E-state index contributed by atoms with van der Waals surface area (Å²) < 4.78 is 2.22. The van der Waals surface area contributed by atoms with Gasteiger partial charge in [0.05, 0.1) is 0 Å². The van der Waals surface area contributed by atoms with Gasteiger partial charge in [-0.3, -0.25) is 4.99 Å². The molecule has 5 heteroatoms. The molecule has 0 bridgehead atoms. The maximum Gasteiger partial charge on any atom is 0.191 e. The molecule has 0 aliphatic heterocycles. The first-order valence-electron chi connectivity index (χ1n) is 9.36. The monoisotopic (exact) mass is 339 g/mol. The van der Waals surface area contributed by atoms with E-state index in [1.54, 1.807) is 0 Å². The molecule has 0 radical (unpaired) electrons. The van der Waals surface area contributed by atoms with Gasteiger partial charge in [0.15, 0.2) is 5.96 Å². The van der Waals surface area contributed by atoms with Gasteiger partial charge < -0.3 is 15.2 Å². The lowest BCUT2D eigenvalue weighted by Gasteiger charge is -2.24. The van der Waals surface area contributed by atoms with E-state index in [0.29, 0.717) is 6.04 Å². The molecule has 1 aliphatic rings. The highest BCUT2D eigenvalue weighted by Gasteiger charge is 2.14. The average molecular weight is 339 g/mol. The Morgan fingerprint density at radius 2 is 2.00 bits per heavy atom. The van der Waals surface area contributed by atoms with Gasteiger partial charge in [0.1, 0.15) is 5.82 Å². The quantitative estimate of drug-likeness (QED) is 0.628. The Balaban J connectivity index is 1.47. The molecular weight excluding hydrogens is 310 g/mol. The summed E-state index contributed by atoms with van der Waals surface area (Å²) in [6, 6.07) is 11.1. The van der Waals surface area contributed by atoms with Crippen molar-refractivity contribution in [2.75, 3.05) is 13.6 Å². The number of benzene rings is 1. The molecular formula is C20H29N5. The second kappa shape index (κ2) is 9.25. The van der Waals surface area contributed by atoms with Crippen molar-refractivity contribution in [1.29, 1.82) is 0 Å². The molecule has 5 nitrogen and oxygen atoms in total. The zero-order chi connectivity index (χ0) is 17.3. The number of aromatic nitrogens is 2. The molecule has 2 aromatic rings. The molecule has 0 unspecified atom stereocenters. The number of hydrogen-bond acceptors (Lipinski definition) is 2. The van der Waals surface area contributed by atoms with Crippen LogP contribution in [-0.2, 0) is 13.0 Å². The number of nitrogens with one attached hydrogen (secondary N) is 2. The topological polar surface area (TPSA) is 54.2 Å². The molecule has 1 aliphatic carbocycles. The van der Waals surface area contributed by atoms with Crippen molar-refractivity contribution >= 4 is 5.96 Å². The third-order valence-corrected chi connectivity index (χ3v) is 4.81. The first-order valence-corrected chi connectivity index (χ1v) is 9.36. The van der Waals surface area contributed by atoms with Gasteiger partial charge in [0.2, 0.25) is 0 Å². The highest BCUT2D eigenvalue weighted by atomic mass is 15.2. The molecule has 3 rings (SSSR count). The predicted octanol–water partition coefficient (Wildman–Crippen LogP) is 2.97. The molecule has 134 valence electrons. The molecule has 0 atom stereocenters. The standard InChI is InChI=1S/C20H29N5/c1-21-20(24-18-10-6-3-7-11-18)23-13-12-19-22-14-15-25(19)16-17-8-4-2-5-9-17/h2,4-5,8-9,14-15,18H,3,6-7,10-13,16H2,1H3,(H2,21,23,24). The van der Waals surface area contributed by atoms with E-state index in [1.165, 1.54) is 37.7 Å². The van der Waals surface area contributed by atoms with Crippen molar-refractivity contribution < 1.29 is 0 Å². The summed E-state index contributed by atoms with van der Waals surface area (Å²) >= 11 is 0. The minimum absolute atomic E-state index is 0.569. The largest absolute Gasteiger partial charge is 0.356 e. The van der Waals surface area contributed by atoms with Crippen LogP contribution in [0.3, 0.4) is 0 Å². The Kier molecular flexibility index (Phi) is 6.48. The summed E-state index contributed by atoms with van der Waals surface area (Å²) in [4.78, 5) is 8.87. The van der Waals surface area contributed by atoms with Crippen LogP contribution in [0.4, 0.5) is 0 Å². The highest BCUT2D eigenvalue weighted by molar-refractivity contribution is 5.79. The molecule has 1 aromatic heterocycles. The summed E-state index contributed by atoms with van der Waals surface area (Å²) in [7, 11) is 1.84. The Hall–Kier alpha value is -2.30. The number of aliphatic imine (C=N–C) groups is 1. The van der Waals surface area contributed by atoms with Crippen molar-refractivity contribution in [3.8, 4) is 0 Å². The van der Waals surface area contributed by atoms with Gasteiger partial charge in [0.25, 0.3) is 0 Å². The number of rotatable bonds is 6. The van der Waals surface area contributed by atoms with Gasteiger partial charge in [-0.15, -0.1) is 0 Å². The number of nitrogens with zero attached hydrogens (tertiary/aromatic N) is 3. The molecule has 0 saturated heterocycles. The number of imidazole rings is 1. The summed E-state index contributed by atoms with van der Waals surface area (Å²) in [5.41, 5.74) is 1.30. The summed E-state index contributed by atoms with van der Waals surface area (Å²) in [5, 5.41) is 6.98. The predicted molar refractivity (Wildman–Crippen MR) is 103 cm³/mol. The van der Waals surface area contributed by atoms with Crippen LogP contribution in [0.5, 0.6) is 0 Å². The number of guanidine groups is 1. The first kappa shape index (κ1) is 17.5. The van der Waals surface area contributed by atoms with Crippen LogP contribution in [0, 0.1) is 0 Å². The molecule has 1 aromatic carbocycles. The lowest BCUT2D eigenvalue weighted by molar-refractivity contribution is 0.410. The fourth-order valence-corrected chi connectivity index (χ4v) is 3.42. The maximum atomic E-state index is 4.51. The third kappa shape index (κ3) is 5.34. The van der Waals surface area contributed by atoms with Gasteiger partial charge in [-0.2, -0.15) is 0 Å². The zero-order valence-corrected chi connectivity index (χ0v) is 15.1. The van der Waals surface area contributed by atoms with Crippen LogP contribution in [0.2, 0.25) is 0 Å². The molecule has 1 fully saturated rings. The van der Waals surface area contributed by atoms with E-state index in [4.69, 9.17) is 0 Å². The third-order valence-electron chi connectivity index (χ3n) is 4.81. The Labute approximate surface area is 150 Å². The second-order valence-corrected chi connectivity index (χ2v) is 6.69. The average Bonchev–Trinajstić information content (AvgIpc) is 3.09. The van der Waals surface area contributed by atoms with Crippen molar-refractivity contribution in [3.05, 3.63) is 54.1 Å². The van der Waals surface area contributed by atoms with Gasteiger partial charge in [-0.05, 0) is 18.4 Å². The van der Waals surface area contributed by atoms with Gasteiger partial charge in [-0.25, -0.2) is 4.98 Å². The van der Waals surface area contributed by atoms with Crippen LogP contribution in [0.1, 0.15) is 43.5 Å². The van der Waals surface area contributed by atoms with E-state index < -0.39 is 0 Å². The Morgan fingerprint density at radius 3 is 2.76 bits per heavy atom. The number of hydrogen-bond donors (Lipinski definition) is 2. The van der Waals surface area contributed by atoms with E-state index in [-0.39, 0.29) is 0 Å². The normalized spacial score (nSPS) is 16.0. The summed E-state index contributed by atoms with van der Waals surface area (Å²) in [5.74, 6) is 2.01. The molecule has 25 heavy (non-hydrogen) atoms. The smallest absolute Gasteiger partial charge is 0.191 e. The summed E-state index contributed by atoms with van der Waals surface area (Å²) in [6.07, 6.45) is 11.3. The minimum Gasteiger partial charge on any atom is -0.356 e. The van der Waals surface area contributed by atoms with Crippen molar-refractivity contribution in [3.63, 3.8) is 0 Å². The van der Waals surface area contributed by atoms with Crippen LogP contribution >= 0.6 is 0 Å². The highest BCUT2D eigenvalue weighted by Crippen LogP contribution is 2.17. The van der Waals surface area contributed by atoms with Crippen LogP contribution in [0.25, 0.3) is 0 Å². The van der Waals surface area contributed by atoms with Crippen molar-refractivity contribution in [2.24, 2.45) is 4.99 Å². The SMILES string of the molecule is CN=C(NCCc1nccn1Cc1ccccc1)NC1CCCCC1. The van der Waals surface area contributed by atoms with E-state index in [0.717, 1.165) is 31.3 Å². The lowest BCUT2D eigenvalue weighted by Crippen LogP contribution is -2.44. The van der Waals surface area contributed by atoms with Crippen molar-refractivity contribution in [2.45, 2.75) is 51.1 Å². The first-order chi connectivity index (χ1) is 12.3. The van der Waals surface area contributed by atoms with Gasteiger partial charge in [-0.1, -0.05) is 49.6 Å². The van der Waals surface area contributed by atoms with Gasteiger partial charge in [0, 0.05) is 45.0 Å². The molecule has 0 spiro atoms. The van der Waals surface area contributed by atoms with Gasteiger partial charge >= 0.3 is 0 Å². The van der Waals surface area contributed by atoms with E-state index in [1.807, 2.05) is 19.3 Å². The minimum atomic E-state index is 0.569. The molecule has 0 amide bonds. The summed E-state index contributed by atoms with van der Waals surface area (Å²) in [6.45, 7) is 1.70.